The van der Waals surface area contributed by atoms with Crippen molar-refractivity contribution in [1.82, 2.24) is 4.98 Å². The van der Waals surface area contributed by atoms with Crippen molar-refractivity contribution >= 4 is 42.4 Å². The van der Waals surface area contributed by atoms with Gasteiger partial charge in [-0.2, -0.15) is 0 Å². The first-order valence-electron chi connectivity index (χ1n) is 7.81. The van der Waals surface area contributed by atoms with Crippen LogP contribution in [0.1, 0.15) is 17.4 Å². The number of pyridine rings is 1. The molecule has 2 aromatic rings. The Morgan fingerprint density at radius 2 is 1.76 bits per heavy atom. The SMILES string of the molecule is COC(=O)c1nc(-c2ccc([Si](C)(C)C)cc2)cc(NC(C)=O)c1Cl. The summed E-state index contributed by atoms with van der Waals surface area (Å²) in [6, 6.07) is 9.73. The molecule has 5 nitrogen and oxygen atoms in total. The number of methoxy groups -OCH3 is 1. The second-order valence-corrected chi connectivity index (χ2v) is 12.2. The van der Waals surface area contributed by atoms with Crippen molar-refractivity contribution in [3.8, 4) is 11.3 Å². The number of esters is 1. The number of aromatic nitrogens is 1. The molecule has 1 aromatic heterocycles. The summed E-state index contributed by atoms with van der Waals surface area (Å²) < 4.78 is 4.74. The van der Waals surface area contributed by atoms with Crippen LogP contribution in [0.25, 0.3) is 11.3 Å². The number of hydrogen-bond acceptors (Lipinski definition) is 4. The fourth-order valence-corrected chi connectivity index (χ4v) is 3.72. The molecule has 0 bridgehead atoms. The summed E-state index contributed by atoms with van der Waals surface area (Å²) >= 11 is 6.20. The van der Waals surface area contributed by atoms with Crippen LogP contribution in [0.3, 0.4) is 0 Å². The zero-order chi connectivity index (χ0) is 18.8. The highest BCUT2D eigenvalue weighted by atomic mass is 35.5. The van der Waals surface area contributed by atoms with Crippen molar-refractivity contribution in [2.24, 2.45) is 0 Å². The summed E-state index contributed by atoms with van der Waals surface area (Å²) in [6.45, 7) is 8.18. The number of carbonyl (C=O) groups is 2. The normalized spacial score (nSPS) is 11.1. The van der Waals surface area contributed by atoms with Crippen molar-refractivity contribution in [2.45, 2.75) is 26.6 Å². The van der Waals surface area contributed by atoms with Crippen LogP contribution in [0.4, 0.5) is 5.69 Å². The summed E-state index contributed by atoms with van der Waals surface area (Å²) in [7, 11) is -0.148. The summed E-state index contributed by atoms with van der Waals surface area (Å²) in [5.41, 5.74) is 1.67. The lowest BCUT2D eigenvalue weighted by Crippen LogP contribution is -2.37. The molecule has 0 aliphatic carbocycles. The van der Waals surface area contributed by atoms with Crippen LogP contribution in [0.2, 0.25) is 24.7 Å². The van der Waals surface area contributed by atoms with Crippen LogP contribution in [0.5, 0.6) is 0 Å². The van der Waals surface area contributed by atoms with Gasteiger partial charge in [0.2, 0.25) is 5.91 Å². The number of nitrogens with one attached hydrogen (secondary N) is 1. The van der Waals surface area contributed by atoms with E-state index in [2.05, 4.69) is 42.1 Å². The van der Waals surface area contributed by atoms with E-state index in [-0.39, 0.29) is 16.6 Å². The van der Waals surface area contributed by atoms with Crippen molar-refractivity contribution in [3.05, 3.63) is 41.0 Å². The van der Waals surface area contributed by atoms with Gasteiger partial charge in [-0.15, -0.1) is 0 Å². The highest BCUT2D eigenvalue weighted by Crippen LogP contribution is 2.30. The quantitative estimate of drug-likeness (QED) is 0.652. The van der Waals surface area contributed by atoms with E-state index in [9.17, 15) is 9.59 Å². The monoisotopic (exact) mass is 376 g/mol. The van der Waals surface area contributed by atoms with E-state index >= 15 is 0 Å². The first kappa shape index (κ1) is 19.1. The molecule has 0 radical (unpaired) electrons. The summed E-state index contributed by atoms with van der Waals surface area (Å²) in [4.78, 5) is 27.7. The molecule has 0 aliphatic rings. The molecule has 0 saturated carbocycles. The van der Waals surface area contributed by atoms with Crippen molar-refractivity contribution < 1.29 is 14.3 Å². The Labute approximate surface area is 153 Å². The molecule has 1 aromatic carbocycles. The van der Waals surface area contributed by atoms with Crippen LogP contribution in [0, 0.1) is 0 Å². The predicted octanol–water partition coefficient (Wildman–Crippen LogP) is 3.69. The molecule has 1 heterocycles. The Kier molecular flexibility index (Phi) is 5.64. The molecule has 1 N–H and O–H groups in total. The Morgan fingerprint density at radius 3 is 2.24 bits per heavy atom. The number of hydrogen-bond donors (Lipinski definition) is 1. The van der Waals surface area contributed by atoms with Crippen LogP contribution < -0.4 is 10.5 Å². The van der Waals surface area contributed by atoms with Gasteiger partial charge in [-0.1, -0.05) is 60.7 Å². The van der Waals surface area contributed by atoms with Gasteiger partial charge < -0.3 is 10.1 Å². The Balaban J connectivity index is 2.56. The number of amides is 1. The summed E-state index contributed by atoms with van der Waals surface area (Å²) in [5.74, 6) is -0.943. The molecule has 0 aliphatic heterocycles. The molecule has 7 heteroatoms. The van der Waals surface area contributed by atoms with E-state index in [1.165, 1.54) is 19.2 Å². The largest absolute Gasteiger partial charge is 0.464 e. The highest BCUT2D eigenvalue weighted by molar-refractivity contribution is 6.88. The van der Waals surface area contributed by atoms with Gasteiger partial charge in [-0.3, -0.25) is 4.79 Å². The number of ether oxygens (including phenoxy) is 1. The van der Waals surface area contributed by atoms with Gasteiger partial charge in [-0.25, -0.2) is 9.78 Å². The lowest BCUT2D eigenvalue weighted by atomic mass is 10.1. The predicted molar refractivity (Wildman–Crippen MR) is 103 cm³/mol. The van der Waals surface area contributed by atoms with Gasteiger partial charge in [0.15, 0.2) is 5.69 Å². The number of carbonyl (C=O) groups excluding carboxylic acids is 2. The summed E-state index contributed by atoms with van der Waals surface area (Å²) in [6.07, 6.45) is 0. The van der Waals surface area contributed by atoms with Gasteiger partial charge in [0.05, 0.1) is 31.6 Å². The molecular formula is C18H21ClN2O3Si. The average molecular weight is 377 g/mol. The van der Waals surface area contributed by atoms with Gasteiger partial charge in [0.1, 0.15) is 0 Å². The highest BCUT2D eigenvalue weighted by Gasteiger charge is 2.20. The van der Waals surface area contributed by atoms with E-state index in [1.54, 1.807) is 6.07 Å². The molecule has 1 amide bonds. The topological polar surface area (TPSA) is 68.3 Å². The maximum Gasteiger partial charge on any atom is 0.358 e. The van der Waals surface area contributed by atoms with E-state index in [1.807, 2.05) is 12.1 Å². The first-order chi connectivity index (χ1) is 11.6. The van der Waals surface area contributed by atoms with Crippen LogP contribution >= 0.6 is 11.6 Å². The number of anilines is 1. The fraction of sp³-hybridized carbons (Fsp3) is 0.278. The van der Waals surface area contributed by atoms with Gasteiger partial charge in [0, 0.05) is 12.5 Å². The third-order valence-electron chi connectivity index (χ3n) is 3.69. The molecule has 0 unspecified atom stereocenters. The number of nitrogens with zero attached hydrogens (tertiary/aromatic N) is 1. The zero-order valence-electron chi connectivity index (χ0n) is 14.9. The second kappa shape index (κ2) is 7.37. The minimum Gasteiger partial charge on any atom is -0.464 e. The maximum atomic E-state index is 12.0. The first-order valence-corrected chi connectivity index (χ1v) is 11.7. The van der Waals surface area contributed by atoms with E-state index in [4.69, 9.17) is 16.3 Å². The van der Waals surface area contributed by atoms with Gasteiger partial charge in [-0.05, 0) is 6.07 Å². The Hall–Kier alpha value is -2.18. The minimum atomic E-state index is -1.41. The number of benzene rings is 1. The van der Waals surface area contributed by atoms with Crippen LogP contribution in [0.15, 0.2) is 30.3 Å². The van der Waals surface area contributed by atoms with Crippen molar-refractivity contribution in [3.63, 3.8) is 0 Å². The van der Waals surface area contributed by atoms with Crippen LogP contribution in [-0.2, 0) is 9.53 Å². The zero-order valence-corrected chi connectivity index (χ0v) is 16.7. The summed E-state index contributed by atoms with van der Waals surface area (Å²) in [5, 5.41) is 4.01. The molecule has 0 atom stereocenters. The van der Waals surface area contributed by atoms with Crippen molar-refractivity contribution in [2.75, 3.05) is 12.4 Å². The third-order valence-corrected chi connectivity index (χ3v) is 6.14. The lowest BCUT2D eigenvalue weighted by molar-refractivity contribution is -0.114. The molecule has 0 saturated heterocycles. The molecule has 2 rings (SSSR count). The average Bonchev–Trinajstić information content (AvgIpc) is 2.55. The molecule has 25 heavy (non-hydrogen) atoms. The van der Waals surface area contributed by atoms with E-state index in [0.717, 1.165) is 5.56 Å². The second-order valence-electron chi connectivity index (χ2n) is 6.72. The molecule has 0 spiro atoms. The molecule has 0 fully saturated rings. The van der Waals surface area contributed by atoms with Crippen LogP contribution in [-0.4, -0.2) is 32.0 Å². The fourth-order valence-electron chi connectivity index (χ4n) is 2.33. The van der Waals surface area contributed by atoms with E-state index in [0.29, 0.717) is 11.4 Å². The Morgan fingerprint density at radius 1 is 1.16 bits per heavy atom. The molecule has 132 valence electrons. The van der Waals surface area contributed by atoms with E-state index < -0.39 is 14.0 Å². The van der Waals surface area contributed by atoms with Gasteiger partial charge >= 0.3 is 5.97 Å². The molecular weight excluding hydrogens is 356 g/mol. The Bertz CT molecular complexity index is 814. The van der Waals surface area contributed by atoms with Gasteiger partial charge in [0.25, 0.3) is 0 Å². The minimum absolute atomic E-state index is 0.0281. The standard InChI is InChI=1S/C18H21ClN2O3Si/c1-11(22)20-15-10-14(21-17(16(15)19)18(23)24-2)12-6-8-13(9-7-12)25(3,4)5/h6-10H,1-5H3,(H,20,21,22). The smallest absolute Gasteiger partial charge is 0.358 e. The third kappa shape index (κ3) is 4.46. The lowest BCUT2D eigenvalue weighted by Gasteiger charge is -2.17. The maximum absolute atomic E-state index is 12.0. The number of halogens is 1. The number of rotatable bonds is 4. The van der Waals surface area contributed by atoms with Crippen molar-refractivity contribution in [1.29, 1.82) is 0 Å².